The highest BCUT2D eigenvalue weighted by Crippen LogP contribution is 2.47. The second kappa shape index (κ2) is 3.06. The maximum atomic E-state index is 5.92. The molecule has 0 amide bonds. The van der Waals surface area contributed by atoms with E-state index in [4.69, 9.17) is 17.3 Å². The molecule has 1 unspecified atom stereocenters. The van der Waals surface area contributed by atoms with Crippen LogP contribution in [0.3, 0.4) is 0 Å². The fourth-order valence-corrected chi connectivity index (χ4v) is 1.74. The monoisotopic (exact) mass is 210 g/mol. The van der Waals surface area contributed by atoms with Crippen molar-refractivity contribution in [3.8, 4) is 0 Å². The molecule has 2 nitrogen and oxygen atoms in total. The third kappa shape index (κ3) is 1.67. The topological polar surface area (TPSA) is 38.0 Å². The standard InChI is InChI=1S/C11H15ClN2/c1-11(2)6-9(11)14-8-5-3-4-7(12)10(8)13/h3-5,9,14H,6,13H2,1-2H3. The molecule has 1 aromatic carbocycles. The van der Waals surface area contributed by atoms with Gasteiger partial charge in [-0.1, -0.05) is 31.5 Å². The zero-order chi connectivity index (χ0) is 10.3. The maximum absolute atomic E-state index is 5.92. The van der Waals surface area contributed by atoms with Crippen LogP contribution in [0.2, 0.25) is 5.02 Å². The number of benzene rings is 1. The Labute approximate surface area is 89.4 Å². The molecule has 3 N–H and O–H groups in total. The summed E-state index contributed by atoms with van der Waals surface area (Å²) < 4.78 is 0. The van der Waals surface area contributed by atoms with Gasteiger partial charge in [0.1, 0.15) is 0 Å². The third-order valence-electron chi connectivity index (χ3n) is 2.90. The van der Waals surface area contributed by atoms with Crippen molar-refractivity contribution in [2.24, 2.45) is 5.41 Å². The SMILES string of the molecule is CC1(C)CC1Nc1cccc(Cl)c1N. The molecule has 0 bridgehead atoms. The van der Waals surface area contributed by atoms with Crippen LogP contribution < -0.4 is 11.1 Å². The average molecular weight is 211 g/mol. The third-order valence-corrected chi connectivity index (χ3v) is 3.23. The minimum atomic E-state index is 0.398. The fourth-order valence-electron chi connectivity index (χ4n) is 1.56. The van der Waals surface area contributed by atoms with Gasteiger partial charge in [0.25, 0.3) is 0 Å². The number of halogens is 1. The molecule has 1 atom stereocenters. The van der Waals surface area contributed by atoms with E-state index >= 15 is 0 Å². The van der Waals surface area contributed by atoms with Crippen molar-refractivity contribution in [1.82, 2.24) is 0 Å². The van der Waals surface area contributed by atoms with Crippen LogP contribution in [0.15, 0.2) is 18.2 Å². The summed E-state index contributed by atoms with van der Waals surface area (Å²) in [6.07, 6.45) is 1.19. The van der Waals surface area contributed by atoms with Gasteiger partial charge in [-0.15, -0.1) is 0 Å². The van der Waals surface area contributed by atoms with E-state index in [1.165, 1.54) is 6.42 Å². The zero-order valence-electron chi connectivity index (χ0n) is 8.47. The Kier molecular flexibility index (Phi) is 2.11. The summed E-state index contributed by atoms with van der Waals surface area (Å²) in [7, 11) is 0. The first kappa shape index (κ1) is 9.66. The number of nitrogens with two attached hydrogens (primary N) is 1. The van der Waals surface area contributed by atoms with Gasteiger partial charge >= 0.3 is 0 Å². The molecule has 0 heterocycles. The van der Waals surface area contributed by atoms with Crippen LogP contribution in [-0.2, 0) is 0 Å². The van der Waals surface area contributed by atoms with Crippen molar-refractivity contribution in [3.05, 3.63) is 23.2 Å². The van der Waals surface area contributed by atoms with Gasteiger partial charge in [-0.05, 0) is 24.0 Å². The summed E-state index contributed by atoms with van der Waals surface area (Å²) in [6.45, 7) is 4.48. The van der Waals surface area contributed by atoms with Crippen LogP contribution in [-0.4, -0.2) is 6.04 Å². The first-order valence-electron chi connectivity index (χ1n) is 4.81. The number of nitrogens with one attached hydrogen (secondary N) is 1. The van der Waals surface area contributed by atoms with E-state index in [9.17, 15) is 0 Å². The fraction of sp³-hybridized carbons (Fsp3) is 0.455. The number of hydrogen-bond donors (Lipinski definition) is 2. The quantitative estimate of drug-likeness (QED) is 0.737. The Bertz CT molecular complexity index is 360. The van der Waals surface area contributed by atoms with Gasteiger partial charge in [-0.2, -0.15) is 0 Å². The molecular weight excluding hydrogens is 196 g/mol. The average Bonchev–Trinajstić information content (AvgIpc) is 2.68. The lowest BCUT2D eigenvalue weighted by Gasteiger charge is -2.11. The molecule has 0 saturated heterocycles. The smallest absolute Gasteiger partial charge is 0.0739 e. The first-order valence-corrected chi connectivity index (χ1v) is 5.19. The van der Waals surface area contributed by atoms with Crippen molar-refractivity contribution in [2.75, 3.05) is 11.1 Å². The van der Waals surface area contributed by atoms with E-state index in [-0.39, 0.29) is 0 Å². The Morgan fingerprint density at radius 2 is 2.14 bits per heavy atom. The van der Waals surface area contributed by atoms with Crippen molar-refractivity contribution in [2.45, 2.75) is 26.3 Å². The molecule has 0 spiro atoms. The number of nitrogen functional groups attached to an aromatic ring is 1. The molecule has 3 heteroatoms. The van der Waals surface area contributed by atoms with Crippen molar-refractivity contribution >= 4 is 23.0 Å². The van der Waals surface area contributed by atoms with Crippen molar-refractivity contribution in [1.29, 1.82) is 0 Å². The molecular formula is C11H15ClN2. The molecule has 1 aromatic rings. The summed E-state index contributed by atoms with van der Waals surface area (Å²) in [5, 5.41) is 4.02. The zero-order valence-corrected chi connectivity index (χ0v) is 9.23. The molecule has 14 heavy (non-hydrogen) atoms. The normalized spacial score (nSPS) is 23.2. The number of rotatable bonds is 2. The number of hydrogen-bond acceptors (Lipinski definition) is 2. The summed E-state index contributed by atoms with van der Waals surface area (Å²) in [4.78, 5) is 0. The molecule has 0 radical (unpaired) electrons. The second-order valence-corrected chi connectivity index (χ2v) is 5.00. The molecule has 0 aromatic heterocycles. The molecule has 1 saturated carbocycles. The van der Waals surface area contributed by atoms with Gasteiger partial charge in [-0.25, -0.2) is 0 Å². The van der Waals surface area contributed by atoms with Crippen molar-refractivity contribution in [3.63, 3.8) is 0 Å². The minimum absolute atomic E-state index is 0.398. The second-order valence-electron chi connectivity index (χ2n) is 4.59. The lowest BCUT2D eigenvalue weighted by molar-refractivity contribution is 0.631. The summed E-state index contributed by atoms with van der Waals surface area (Å²) in [6, 6.07) is 6.22. The van der Waals surface area contributed by atoms with Crippen LogP contribution in [0.4, 0.5) is 11.4 Å². The Hall–Kier alpha value is -0.890. The van der Waals surface area contributed by atoms with Crippen LogP contribution >= 0.6 is 11.6 Å². The van der Waals surface area contributed by atoms with E-state index < -0.39 is 0 Å². The lowest BCUT2D eigenvalue weighted by atomic mass is 10.2. The Morgan fingerprint density at radius 1 is 1.50 bits per heavy atom. The highest BCUT2D eigenvalue weighted by molar-refractivity contribution is 6.33. The lowest BCUT2D eigenvalue weighted by Crippen LogP contribution is -2.10. The van der Waals surface area contributed by atoms with E-state index in [1.54, 1.807) is 6.07 Å². The predicted octanol–water partition coefficient (Wildman–Crippen LogP) is 3.13. The van der Waals surface area contributed by atoms with E-state index in [0.717, 1.165) is 5.69 Å². The van der Waals surface area contributed by atoms with Crippen LogP contribution in [0, 0.1) is 5.41 Å². The number of anilines is 2. The molecule has 1 aliphatic rings. The van der Waals surface area contributed by atoms with Crippen LogP contribution in [0.1, 0.15) is 20.3 Å². The highest BCUT2D eigenvalue weighted by Gasteiger charge is 2.45. The minimum Gasteiger partial charge on any atom is -0.396 e. The van der Waals surface area contributed by atoms with E-state index in [0.29, 0.717) is 22.2 Å². The maximum Gasteiger partial charge on any atom is 0.0739 e. The van der Waals surface area contributed by atoms with Crippen LogP contribution in [0.25, 0.3) is 0 Å². The highest BCUT2D eigenvalue weighted by atomic mass is 35.5. The van der Waals surface area contributed by atoms with E-state index in [2.05, 4.69) is 19.2 Å². The molecule has 1 fully saturated rings. The molecule has 76 valence electrons. The van der Waals surface area contributed by atoms with Crippen molar-refractivity contribution < 1.29 is 0 Å². The first-order chi connectivity index (χ1) is 6.50. The van der Waals surface area contributed by atoms with Gasteiger partial charge in [0.2, 0.25) is 0 Å². The van der Waals surface area contributed by atoms with Crippen LogP contribution in [0.5, 0.6) is 0 Å². The Balaban J connectivity index is 2.14. The van der Waals surface area contributed by atoms with Gasteiger partial charge < -0.3 is 11.1 Å². The van der Waals surface area contributed by atoms with Gasteiger partial charge in [-0.3, -0.25) is 0 Å². The van der Waals surface area contributed by atoms with Gasteiger partial charge in [0.15, 0.2) is 0 Å². The van der Waals surface area contributed by atoms with E-state index in [1.807, 2.05) is 12.1 Å². The summed E-state index contributed by atoms with van der Waals surface area (Å²) in [5.74, 6) is 0. The predicted molar refractivity (Wildman–Crippen MR) is 61.7 cm³/mol. The summed E-state index contributed by atoms with van der Waals surface area (Å²) in [5.41, 5.74) is 7.85. The summed E-state index contributed by atoms with van der Waals surface area (Å²) >= 11 is 5.92. The Morgan fingerprint density at radius 3 is 2.71 bits per heavy atom. The largest absolute Gasteiger partial charge is 0.396 e. The molecule has 1 aliphatic carbocycles. The number of para-hydroxylation sites is 1. The molecule has 2 rings (SSSR count). The van der Waals surface area contributed by atoms with Gasteiger partial charge in [0, 0.05) is 6.04 Å². The molecule has 0 aliphatic heterocycles. The van der Waals surface area contributed by atoms with Gasteiger partial charge in [0.05, 0.1) is 16.4 Å².